The molecule has 144 valence electrons. The molecule has 0 radical (unpaired) electrons. The second-order valence-electron chi connectivity index (χ2n) is 6.53. The largest absolute Gasteiger partial charge is 0.491 e. The van der Waals surface area contributed by atoms with Crippen molar-refractivity contribution in [2.75, 3.05) is 19.7 Å². The number of para-hydroxylation sites is 1. The molecule has 0 atom stereocenters. The fourth-order valence-electron chi connectivity index (χ4n) is 2.88. The summed E-state index contributed by atoms with van der Waals surface area (Å²) in [5.41, 5.74) is 1.65. The molecule has 5 nitrogen and oxygen atoms in total. The van der Waals surface area contributed by atoms with Crippen LogP contribution in [0.1, 0.15) is 22.3 Å². The summed E-state index contributed by atoms with van der Waals surface area (Å²) in [6, 6.07) is 21.2. The Kier molecular flexibility index (Phi) is 6.63. The molecule has 3 rings (SSSR count). The Morgan fingerprint density at radius 2 is 1.61 bits per heavy atom. The SMILES string of the molecule is Cc1ccccc1OCCNC(=O)CCNC(=O)c1ccc2ccccc2c1. The summed E-state index contributed by atoms with van der Waals surface area (Å²) in [7, 11) is 0. The minimum Gasteiger partial charge on any atom is -0.491 e. The standard InChI is InChI=1S/C23H24N2O3/c1-17-6-2-5-9-21(17)28-15-14-24-22(26)12-13-25-23(27)20-11-10-18-7-3-4-8-19(18)16-20/h2-11,16H,12-15H2,1H3,(H,24,26)(H,25,27). The van der Waals surface area contributed by atoms with Gasteiger partial charge in [0.1, 0.15) is 12.4 Å². The van der Waals surface area contributed by atoms with E-state index >= 15 is 0 Å². The van der Waals surface area contributed by atoms with Crippen molar-refractivity contribution in [3.05, 3.63) is 77.9 Å². The first-order chi connectivity index (χ1) is 13.6. The normalized spacial score (nSPS) is 10.5. The van der Waals surface area contributed by atoms with E-state index in [-0.39, 0.29) is 24.8 Å². The molecule has 2 N–H and O–H groups in total. The Morgan fingerprint density at radius 3 is 2.43 bits per heavy atom. The summed E-state index contributed by atoms with van der Waals surface area (Å²) in [4.78, 5) is 24.2. The van der Waals surface area contributed by atoms with Crippen LogP contribution in [-0.2, 0) is 4.79 Å². The zero-order valence-electron chi connectivity index (χ0n) is 15.9. The van der Waals surface area contributed by atoms with Crippen molar-refractivity contribution >= 4 is 22.6 Å². The first kappa shape index (κ1) is 19.4. The van der Waals surface area contributed by atoms with Gasteiger partial charge in [-0.1, -0.05) is 48.5 Å². The van der Waals surface area contributed by atoms with Gasteiger partial charge in [0.05, 0.1) is 6.54 Å². The molecule has 0 heterocycles. The number of benzene rings is 3. The molecule has 28 heavy (non-hydrogen) atoms. The van der Waals surface area contributed by atoms with E-state index in [9.17, 15) is 9.59 Å². The van der Waals surface area contributed by atoms with E-state index in [1.807, 2.05) is 67.6 Å². The van der Waals surface area contributed by atoms with Crippen LogP contribution in [-0.4, -0.2) is 31.5 Å². The van der Waals surface area contributed by atoms with Gasteiger partial charge in [-0.25, -0.2) is 0 Å². The van der Waals surface area contributed by atoms with Crippen molar-refractivity contribution in [3.8, 4) is 5.75 Å². The Hall–Kier alpha value is -3.34. The summed E-state index contributed by atoms with van der Waals surface area (Å²) >= 11 is 0. The molecule has 3 aromatic carbocycles. The van der Waals surface area contributed by atoms with Gasteiger partial charge in [-0.05, 0) is 41.5 Å². The maximum atomic E-state index is 12.3. The topological polar surface area (TPSA) is 67.4 Å². The van der Waals surface area contributed by atoms with Gasteiger partial charge in [-0.2, -0.15) is 0 Å². The fourth-order valence-corrected chi connectivity index (χ4v) is 2.88. The fraction of sp³-hybridized carbons (Fsp3) is 0.217. The van der Waals surface area contributed by atoms with Gasteiger partial charge in [-0.3, -0.25) is 9.59 Å². The molecule has 0 fully saturated rings. The minimum absolute atomic E-state index is 0.118. The minimum atomic E-state index is -0.179. The van der Waals surface area contributed by atoms with E-state index in [2.05, 4.69) is 10.6 Å². The highest BCUT2D eigenvalue weighted by Gasteiger charge is 2.07. The van der Waals surface area contributed by atoms with Gasteiger partial charge in [0, 0.05) is 18.5 Å². The van der Waals surface area contributed by atoms with Gasteiger partial charge in [-0.15, -0.1) is 0 Å². The number of fused-ring (bicyclic) bond motifs is 1. The van der Waals surface area contributed by atoms with Crippen LogP contribution >= 0.6 is 0 Å². The van der Waals surface area contributed by atoms with Crippen LogP contribution in [0, 0.1) is 6.92 Å². The Bertz CT molecular complexity index is 969. The molecule has 0 unspecified atom stereocenters. The predicted molar refractivity (Wildman–Crippen MR) is 111 cm³/mol. The molecule has 0 aliphatic heterocycles. The zero-order chi connectivity index (χ0) is 19.8. The first-order valence-electron chi connectivity index (χ1n) is 9.35. The molecule has 0 aliphatic rings. The van der Waals surface area contributed by atoms with Crippen LogP contribution in [0.2, 0.25) is 0 Å². The van der Waals surface area contributed by atoms with Crippen LogP contribution in [0.4, 0.5) is 0 Å². The van der Waals surface area contributed by atoms with E-state index in [1.165, 1.54) is 0 Å². The lowest BCUT2D eigenvalue weighted by atomic mass is 10.1. The maximum absolute atomic E-state index is 12.3. The molecule has 0 saturated heterocycles. The molecular weight excluding hydrogens is 352 g/mol. The summed E-state index contributed by atoms with van der Waals surface area (Å²) in [6.07, 6.45) is 0.226. The molecule has 0 aromatic heterocycles. The van der Waals surface area contributed by atoms with Gasteiger partial charge in [0.2, 0.25) is 5.91 Å². The third kappa shape index (κ3) is 5.33. The van der Waals surface area contributed by atoms with Gasteiger partial charge < -0.3 is 15.4 Å². The highest BCUT2D eigenvalue weighted by Crippen LogP contribution is 2.16. The molecular formula is C23H24N2O3. The molecule has 0 bridgehead atoms. The van der Waals surface area contributed by atoms with Crippen LogP contribution in [0.25, 0.3) is 10.8 Å². The van der Waals surface area contributed by atoms with Crippen molar-refractivity contribution in [3.63, 3.8) is 0 Å². The molecule has 2 amide bonds. The maximum Gasteiger partial charge on any atom is 0.251 e. The third-order valence-electron chi connectivity index (χ3n) is 4.42. The lowest BCUT2D eigenvalue weighted by molar-refractivity contribution is -0.121. The van der Waals surface area contributed by atoms with Crippen molar-refractivity contribution in [2.45, 2.75) is 13.3 Å². The molecule has 0 spiro atoms. The van der Waals surface area contributed by atoms with E-state index in [1.54, 1.807) is 6.07 Å². The van der Waals surface area contributed by atoms with Crippen molar-refractivity contribution < 1.29 is 14.3 Å². The summed E-state index contributed by atoms with van der Waals surface area (Å²) in [5.74, 6) is 0.521. The molecule has 5 heteroatoms. The number of amides is 2. The Labute approximate surface area is 164 Å². The first-order valence-corrected chi connectivity index (χ1v) is 9.35. The number of nitrogens with one attached hydrogen (secondary N) is 2. The van der Waals surface area contributed by atoms with Crippen LogP contribution < -0.4 is 15.4 Å². The second kappa shape index (κ2) is 9.55. The number of ether oxygens (including phenoxy) is 1. The number of carbonyl (C=O) groups excluding carboxylic acids is 2. The summed E-state index contributed by atoms with van der Waals surface area (Å²) in [5, 5.41) is 7.69. The highest BCUT2D eigenvalue weighted by molar-refractivity contribution is 5.98. The molecule has 3 aromatic rings. The van der Waals surface area contributed by atoms with Gasteiger partial charge in [0.25, 0.3) is 5.91 Å². The zero-order valence-corrected chi connectivity index (χ0v) is 15.9. The van der Waals surface area contributed by atoms with E-state index in [0.29, 0.717) is 18.7 Å². The summed E-state index contributed by atoms with van der Waals surface area (Å²) in [6.45, 7) is 3.09. The number of hydrogen-bond acceptors (Lipinski definition) is 3. The quantitative estimate of drug-likeness (QED) is 0.592. The third-order valence-corrected chi connectivity index (χ3v) is 4.42. The average Bonchev–Trinajstić information content (AvgIpc) is 2.72. The smallest absolute Gasteiger partial charge is 0.251 e. The second-order valence-corrected chi connectivity index (χ2v) is 6.53. The van der Waals surface area contributed by atoms with Crippen molar-refractivity contribution in [1.82, 2.24) is 10.6 Å². The lowest BCUT2D eigenvalue weighted by Crippen LogP contribution is -2.32. The van der Waals surface area contributed by atoms with E-state index < -0.39 is 0 Å². The van der Waals surface area contributed by atoms with Crippen LogP contribution in [0.3, 0.4) is 0 Å². The number of hydrogen-bond donors (Lipinski definition) is 2. The molecule has 0 aliphatic carbocycles. The van der Waals surface area contributed by atoms with Crippen molar-refractivity contribution in [1.29, 1.82) is 0 Å². The number of aryl methyl sites for hydroxylation is 1. The number of carbonyl (C=O) groups is 2. The lowest BCUT2D eigenvalue weighted by Gasteiger charge is -2.10. The average molecular weight is 376 g/mol. The van der Waals surface area contributed by atoms with Crippen LogP contribution in [0.15, 0.2) is 66.7 Å². The van der Waals surface area contributed by atoms with Crippen LogP contribution in [0.5, 0.6) is 5.75 Å². The van der Waals surface area contributed by atoms with E-state index in [4.69, 9.17) is 4.74 Å². The summed E-state index contributed by atoms with van der Waals surface area (Å²) < 4.78 is 5.64. The van der Waals surface area contributed by atoms with Gasteiger partial charge in [0.15, 0.2) is 0 Å². The Morgan fingerprint density at radius 1 is 0.857 bits per heavy atom. The highest BCUT2D eigenvalue weighted by atomic mass is 16.5. The monoisotopic (exact) mass is 376 g/mol. The van der Waals surface area contributed by atoms with E-state index in [0.717, 1.165) is 22.1 Å². The van der Waals surface area contributed by atoms with Gasteiger partial charge >= 0.3 is 0 Å². The predicted octanol–water partition coefficient (Wildman–Crippen LogP) is 3.46. The number of rotatable bonds is 8. The molecule has 0 saturated carbocycles. The Balaban J connectivity index is 1.36. The van der Waals surface area contributed by atoms with Crippen molar-refractivity contribution in [2.24, 2.45) is 0 Å².